The highest BCUT2D eigenvalue weighted by atomic mass is 32.2. The summed E-state index contributed by atoms with van der Waals surface area (Å²) in [7, 11) is -1.32. The maximum Gasteiger partial charge on any atom is 0.225 e. The maximum atomic E-state index is 12.8. The van der Waals surface area contributed by atoms with Gasteiger partial charge >= 0.3 is 0 Å². The molecular formula is C15H15FN2O2S. The second-order valence-corrected chi connectivity index (χ2v) is 5.99. The number of nitrogen functional groups attached to an aromatic ring is 1. The summed E-state index contributed by atoms with van der Waals surface area (Å²) in [6, 6.07) is 12.2. The Balaban J connectivity index is 1.84. The summed E-state index contributed by atoms with van der Waals surface area (Å²) >= 11 is 0. The Bertz CT molecular complexity index is 642. The topological polar surface area (TPSA) is 72.2 Å². The molecular weight excluding hydrogens is 291 g/mol. The van der Waals surface area contributed by atoms with E-state index in [0.29, 0.717) is 16.3 Å². The van der Waals surface area contributed by atoms with Gasteiger partial charge < -0.3 is 11.1 Å². The highest BCUT2D eigenvalue weighted by Gasteiger charge is 2.08. The standard InChI is InChI=1S/C15H15FN2O2S/c16-11-1-7-14(8-2-11)21(20)10-9-15(19)18-13-5-3-12(17)4-6-13/h1-8H,9-10,17H2,(H,18,19). The van der Waals surface area contributed by atoms with Gasteiger partial charge in [-0.1, -0.05) is 0 Å². The molecule has 1 unspecified atom stereocenters. The van der Waals surface area contributed by atoms with Crippen molar-refractivity contribution in [3.05, 3.63) is 54.3 Å². The van der Waals surface area contributed by atoms with Crippen molar-refractivity contribution in [3.8, 4) is 0 Å². The van der Waals surface area contributed by atoms with E-state index in [4.69, 9.17) is 5.73 Å². The number of hydrogen-bond donors (Lipinski definition) is 2. The molecule has 6 heteroatoms. The van der Waals surface area contributed by atoms with E-state index in [1.165, 1.54) is 24.3 Å². The number of nitrogens with one attached hydrogen (secondary N) is 1. The van der Waals surface area contributed by atoms with Crippen LogP contribution in [0.3, 0.4) is 0 Å². The third-order valence-electron chi connectivity index (χ3n) is 2.79. The normalized spacial score (nSPS) is 11.9. The zero-order valence-electron chi connectivity index (χ0n) is 11.2. The molecule has 0 saturated carbocycles. The van der Waals surface area contributed by atoms with Crippen LogP contribution in [0.25, 0.3) is 0 Å². The molecule has 21 heavy (non-hydrogen) atoms. The second kappa shape index (κ2) is 6.99. The summed E-state index contributed by atoms with van der Waals surface area (Å²) in [5, 5.41) is 2.70. The van der Waals surface area contributed by atoms with Crippen LogP contribution in [-0.2, 0) is 15.6 Å². The van der Waals surface area contributed by atoms with Crippen LogP contribution >= 0.6 is 0 Å². The Morgan fingerprint density at radius 1 is 1.10 bits per heavy atom. The van der Waals surface area contributed by atoms with Crippen molar-refractivity contribution in [2.45, 2.75) is 11.3 Å². The molecule has 2 aromatic rings. The van der Waals surface area contributed by atoms with Crippen molar-refractivity contribution in [2.24, 2.45) is 0 Å². The molecule has 0 fully saturated rings. The number of nitrogens with two attached hydrogens (primary N) is 1. The van der Waals surface area contributed by atoms with Crippen LogP contribution < -0.4 is 11.1 Å². The van der Waals surface area contributed by atoms with Gasteiger partial charge in [0.25, 0.3) is 0 Å². The fraction of sp³-hybridized carbons (Fsp3) is 0.133. The van der Waals surface area contributed by atoms with E-state index in [9.17, 15) is 13.4 Å². The Morgan fingerprint density at radius 3 is 2.33 bits per heavy atom. The average Bonchev–Trinajstić information content (AvgIpc) is 2.48. The molecule has 4 nitrogen and oxygen atoms in total. The molecule has 0 saturated heterocycles. The van der Waals surface area contributed by atoms with Crippen LogP contribution in [0.2, 0.25) is 0 Å². The zero-order valence-corrected chi connectivity index (χ0v) is 12.0. The van der Waals surface area contributed by atoms with Crippen LogP contribution in [0.4, 0.5) is 15.8 Å². The van der Waals surface area contributed by atoms with Crippen LogP contribution in [0, 0.1) is 5.82 Å². The van der Waals surface area contributed by atoms with E-state index in [1.54, 1.807) is 24.3 Å². The molecule has 3 N–H and O–H groups in total. The van der Waals surface area contributed by atoms with Crippen LogP contribution in [0.15, 0.2) is 53.4 Å². The first-order chi connectivity index (χ1) is 10.0. The summed E-state index contributed by atoms with van der Waals surface area (Å²) in [4.78, 5) is 12.3. The lowest BCUT2D eigenvalue weighted by molar-refractivity contribution is -0.115. The smallest absolute Gasteiger partial charge is 0.225 e. The first-order valence-electron chi connectivity index (χ1n) is 6.34. The summed E-state index contributed by atoms with van der Waals surface area (Å²) < 4.78 is 24.7. The molecule has 0 spiro atoms. The minimum atomic E-state index is -1.32. The molecule has 0 aliphatic carbocycles. The Hall–Kier alpha value is -2.21. The molecule has 2 aromatic carbocycles. The predicted molar refractivity (Wildman–Crippen MR) is 81.8 cm³/mol. The molecule has 0 radical (unpaired) electrons. The van der Waals surface area contributed by atoms with Gasteiger partial charge in [-0.3, -0.25) is 9.00 Å². The second-order valence-electron chi connectivity index (χ2n) is 4.42. The average molecular weight is 306 g/mol. The van der Waals surface area contributed by atoms with E-state index >= 15 is 0 Å². The third kappa shape index (κ3) is 4.68. The Kier molecular flexibility index (Phi) is 5.05. The number of benzene rings is 2. The van der Waals surface area contributed by atoms with E-state index in [2.05, 4.69) is 5.32 Å². The van der Waals surface area contributed by atoms with Crippen molar-refractivity contribution < 1.29 is 13.4 Å². The Labute approximate surface area is 124 Å². The van der Waals surface area contributed by atoms with Crippen molar-refractivity contribution in [2.75, 3.05) is 16.8 Å². The van der Waals surface area contributed by atoms with Gasteiger partial charge in [0.05, 0.1) is 10.8 Å². The lowest BCUT2D eigenvalue weighted by atomic mass is 10.3. The maximum absolute atomic E-state index is 12.8. The highest BCUT2D eigenvalue weighted by Crippen LogP contribution is 2.12. The molecule has 0 bridgehead atoms. The molecule has 110 valence electrons. The molecule has 1 atom stereocenters. The summed E-state index contributed by atoms with van der Waals surface area (Å²) in [6.07, 6.45) is 0.119. The lowest BCUT2D eigenvalue weighted by Gasteiger charge is -2.06. The largest absolute Gasteiger partial charge is 0.399 e. The van der Waals surface area contributed by atoms with Gasteiger partial charge in [0.2, 0.25) is 5.91 Å². The molecule has 0 aliphatic heterocycles. The van der Waals surface area contributed by atoms with Crippen molar-refractivity contribution >= 4 is 28.1 Å². The molecule has 0 aliphatic rings. The number of amides is 1. The van der Waals surface area contributed by atoms with Gasteiger partial charge in [0, 0.05) is 28.4 Å². The zero-order chi connectivity index (χ0) is 15.2. The van der Waals surface area contributed by atoms with Gasteiger partial charge in [-0.05, 0) is 48.5 Å². The number of halogens is 1. The van der Waals surface area contributed by atoms with Gasteiger partial charge in [-0.15, -0.1) is 0 Å². The van der Waals surface area contributed by atoms with E-state index in [1.807, 2.05) is 0 Å². The molecule has 2 rings (SSSR count). The predicted octanol–water partition coefficient (Wildman–Crippen LogP) is 2.54. The van der Waals surface area contributed by atoms with Gasteiger partial charge in [0.15, 0.2) is 0 Å². The van der Waals surface area contributed by atoms with Gasteiger partial charge in [0.1, 0.15) is 5.82 Å². The fourth-order valence-corrected chi connectivity index (χ4v) is 2.73. The number of rotatable bonds is 5. The minimum absolute atomic E-state index is 0.119. The van der Waals surface area contributed by atoms with Crippen LogP contribution in [-0.4, -0.2) is 15.9 Å². The lowest BCUT2D eigenvalue weighted by Crippen LogP contribution is -2.14. The number of anilines is 2. The van der Waals surface area contributed by atoms with Gasteiger partial charge in [-0.25, -0.2) is 4.39 Å². The number of carbonyl (C=O) groups is 1. The van der Waals surface area contributed by atoms with E-state index in [0.717, 1.165) is 0 Å². The minimum Gasteiger partial charge on any atom is -0.399 e. The van der Waals surface area contributed by atoms with Crippen molar-refractivity contribution in [3.63, 3.8) is 0 Å². The summed E-state index contributed by atoms with van der Waals surface area (Å²) in [6.45, 7) is 0. The van der Waals surface area contributed by atoms with Crippen LogP contribution in [0.1, 0.15) is 6.42 Å². The third-order valence-corrected chi connectivity index (χ3v) is 4.16. The van der Waals surface area contributed by atoms with E-state index < -0.39 is 10.8 Å². The molecule has 0 aromatic heterocycles. The van der Waals surface area contributed by atoms with E-state index in [-0.39, 0.29) is 23.9 Å². The number of hydrogen-bond acceptors (Lipinski definition) is 3. The Morgan fingerprint density at radius 2 is 1.71 bits per heavy atom. The first-order valence-corrected chi connectivity index (χ1v) is 7.66. The molecule has 1 amide bonds. The first kappa shape index (κ1) is 15.2. The van der Waals surface area contributed by atoms with Crippen molar-refractivity contribution in [1.82, 2.24) is 0 Å². The number of carbonyl (C=O) groups excluding carboxylic acids is 1. The highest BCUT2D eigenvalue weighted by molar-refractivity contribution is 7.85. The summed E-state index contributed by atoms with van der Waals surface area (Å²) in [5.41, 5.74) is 6.81. The molecule has 0 heterocycles. The quantitative estimate of drug-likeness (QED) is 0.834. The summed E-state index contributed by atoms with van der Waals surface area (Å²) in [5.74, 6) is -0.418. The van der Waals surface area contributed by atoms with Crippen LogP contribution in [0.5, 0.6) is 0 Å². The monoisotopic (exact) mass is 306 g/mol. The van der Waals surface area contributed by atoms with Crippen molar-refractivity contribution in [1.29, 1.82) is 0 Å². The SMILES string of the molecule is Nc1ccc(NC(=O)CCS(=O)c2ccc(F)cc2)cc1. The van der Waals surface area contributed by atoms with Gasteiger partial charge in [-0.2, -0.15) is 0 Å². The fourth-order valence-electron chi connectivity index (χ4n) is 1.68.